The van der Waals surface area contributed by atoms with Crippen molar-refractivity contribution in [2.75, 3.05) is 11.1 Å². The maximum Gasteiger partial charge on any atom is 0.274 e. The Kier molecular flexibility index (Phi) is 3.57. The van der Waals surface area contributed by atoms with Crippen molar-refractivity contribution >= 4 is 17.3 Å². The molecule has 0 bridgehead atoms. The van der Waals surface area contributed by atoms with Crippen molar-refractivity contribution in [3.05, 3.63) is 53.9 Å². The molecule has 0 atom stereocenters. The number of amides is 1. The van der Waals surface area contributed by atoms with E-state index < -0.39 is 0 Å². The topological polar surface area (TPSA) is 68.0 Å². The molecule has 0 fully saturated rings. The standard InChI is InChI=1S/C14H15N3O/c1-2-10-3-5-12(6-4-10)17-14(18)13-9-11(15)7-8-16-13/h3-9H,2H2,1H3,(H2,15,16)(H,17,18). The average Bonchev–Trinajstić information content (AvgIpc) is 2.39. The molecule has 4 nitrogen and oxygen atoms in total. The second-order valence-electron chi connectivity index (χ2n) is 3.98. The molecule has 1 aromatic heterocycles. The first-order valence-corrected chi connectivity index (χ1v) is 5.81. The number of hydrogen-bond donors (Lipinski definition) is 2. The Balaban J connectivity index is 2.11. The summed E-state index contributed by atoms with van der Waals surface area (Å²) in [5, 5.41) is 2.78. The molecule has 0 aliphatic heterocycles. The van der Waals surface area contributed by atoms with Crippen LogP contribution in [-0.2, 0) is 6.42 Å². The molecule has 0 radical (unpaired) electrons. The third kappa shape index (κ3) is 2.85. The Bertz CT molecular complexity index is 549. The van der Waals surface area contributed by atoms with Gasteiger partial charge in [-0.2, -0.15) is 0 Å². The number of hydrogen-bond acceptors (Lipinski definition) is 3. The predicted molar refractivity (Wildman–Crippen MR) is 72.4 cm³/mol. The summed E-state index contributed by atoms with van der Waals surface area (Å²) in [4.78, 5) is 15.9. The highest BCUT2D eigenvalue weighted by molar-refractivity contribution is 6.03. The van der Waals surface area contributed by atoms with Crippen LogP contribution in [0.1, 0.15) is 23.0 Å². The fraction of sp³-hybridized carbons (Fsp3) is 0.143. The minimum absolute atomic E-state index is 0.258. The van der Waals surface area contributed by atoms with Gasteiger partial charge in [0.25, 0.3) is 5.91 Å². The monoisotopic (exact) mass is 241 g/mol. The van der Waals surface area contributed by atoms with Crippen LogP contribution in [0.25, 0.3) is 0 Å². The Morgan fingerprint density at radius 2 is 2.00 bits per heavy atom. The van der Waals surface area contributed by atoms with Gasteiger partial charge < -0.3 is 11.1 Å². The van der Waals surface area contributed by atoms with Crippen LogP contribution in [0.15, 0.2) is 42.6 Å². The Morgan fingerprint density at radius 3 is 2.61 bits per heavy atom. The molecular weight excluding hydrogens is 226 g/mol. The number of benzene rings is 1. The summed E-state index contributed by atoms with van der Waals surface area (Å²) in [6.45, 7) is 2.09. The van der Waals surface area contributed by atoms with E-state index in [1.165, 1.54) is 11.8 Å². The third-order valence-corrected chi connectivity index (χ3v) is 2.64. The van der Waals surface area contributed by atoms with Gasteiger partial charge in [0.05, 0.1) is 0 Å². The number of anilines is 2. The van der Waals surface area contributed by atoms with Gasteiger partial charge in [-0.3, -0.25) is 9.78 Å². The SMILES string of the molecule is CCc1ccc(NC(=O)c2cc(N)ccn2)cc1. The van der Waals surface area contributed by atoms with Crippen LogP contribution in [0.5, 0.6) is 0 Å². The summed E-state index contributed by atoms with van der Waals surface area (Å²) in [5.74, 6) is -0.258. The number of nitrogens with one attached hydrogen (secondary N) is 1. The van der Waals surface area contributed by atoms with Crippen LogP contribution < -0.4 is 11.1 Å². The number of nitrogen functional groups attached to an aromatic ring is 1. The number of aromatic nitrogens is 1. The normalized spacial score (nSPS) is 10.1. The molecular formula is C14H15N3O. The van der Waals surface area contributed by atoms with E-state index in [1.807, 2.05) is 24.3 Å². The zero-order chi connectivity index (χ0) is 13.0. The van der Waals surface area contributed by atoms with Crippen LogP contribution >= 0.6 is 0 Å². The molecule has 0 saturated heterocycles. The average molecular weight is 241 g/mol. The zero-order valence-corrected chi connectivity index (χ0v) is 10.2. The molecule has 92 valence electrons. The largest absolute Gasteiger partial charge is 0.399 e. The minimum atomic E-state index is -0.258. The Labute approximate surface area is 106 Å². The molecule has 0 unspecified atom stereocenters. The van der Waals surface area contributed by atoms with Crippen molar-refractivity contribution < 1.29 is 4.79 Å². The molecule has 1 heterocycles. The fourth-order valence-corrected chi connectivity index (χ4v) is 1.59. The van der Waals surface area contributed by atoms with Crippen LogP contribution in [0, 0.1) is 0 Å². The molecule has 2 rings (SSSR count). The lowest BCUT2D eigenvalue weighted by molar-refractivity contribution is 0.102. The Morgan fingerprint density at radius 1 is 1.28 bits per heavy atom. The maximum atomic E-state index is 11.9. The third-order valence-electron chi connectivity index (χ3n) is 2.64. The molecule has 1 aromatic carbocycles. The molecule has 1 amide bonds. The van der Waals surface area contributed by atoms with E-state index >= 15 is 0 Å². The second-order valence-corrected chi connectivity index (χ2v) is 3.98. The first-order chi connectivity index (χ1) is 8.69. The highest BCUT2D eigenvalue weighted by Crippen LogP contribution is 2.12. The van der Waals surface area contributed by atoms with E-state index in [0.29, 0.717) is 11.4 Å². The molecule has 4 heteroatoms. The molecule has 0 saturated carbocycles. The molecule has 3 N–H and O–H groups in total. The van der Waals surface area contributed by atoms with Crippen molar-refractivity contribution in [2.45, 2.75) is 13.3 Å². The van der Waals surface area contributed by atoms with E-state index in [2.05, 4.69) is 17.2 Å². The number of nitrogens with two attached hydrogens (primary N) is 1. The van der Waals surface area contributed by atoms with E-state index in [9.17, 15) is 4.79 Å². The van der Waals surface area contributed by atoms with Gasteiger partial charge in [0.1, 0.15) is 5.69 Å². The van der Waals surface area contributed by atoms with Gasteiger partial charge in [0, 0.05) is 17.6 Å². The van der Waals surface area contributed by atoms with E-state index in [-0.39, 0.29) is 5.91 Å². The van der Waals surface area contributed by atoms with Gasteiger partial charge in [0.15, 0.2) is 0 Å². The summed E-state index contributed by atoms with van der Waals surface area (Å²) in [6.07, 6.45) is 2.50. The fourth-order valence-electron chi connectivity index (χ4n) is 1.59. The summed E-state index contributed by atoms with van der Waals surface area (Å²) in [6, 6.07) is 10.9. The van der Waals surface area contributed by atoms with E-state index in [0.717, 1.165) is 12.1 Å². The summed E-state index contributed by atoms with van der Waals surface area (Å²) >= 11 is 0. The number of carbonyl (C=O) groups is 1. The van der Waals surface area contributed by atoms with E-state index in [4.69, 9.17) is 5.73 Å². The zero-order valence-electron chi connectivity index (χ0n) is 10.2. The van der Waals surface area contributed by atoms with Gasteiger partial charge in [0.2, 0.25) is 0 Å². The lowest BCUT2D eigenvalue weighted by Gasteiger charge is -2.05. The second kappa shape index (κ2) is 5.31. The van der Waals surface area contributed by atoms with Gasteiger partial charge >= 0.3 is 0 Å². The van der Waals surface area contributed by atoms with Crippen molar-refractivity contribution in [1.82, 2.24) is 4.98 Å². The number of aryl methyl sites for hydroxylation is 1. The lowest BCUT2D eigenvalue weighted by Crippen LogP contribution is -2.13. The Hall–Kier alpha value is -2.36. The molecule has 0 spiro atoms. The lowest BCUT2D eigenvalue weighted by atomic mass is 10.1. The maximum absolute atomic E-state index is 11.9. The van der Waals surface area contributed by atoms with Crippen LogP contribution in [-0.4, -0.2) is 10.9 Å². The van der Waals surface area contributed by atoms with E-state index in [1.54, 1.807) is 12.1 Å². The minimum Gasteiger partial charge on any atom is -0.399 e. The summed E-state index contributed by atoms with van der Waals surface area (Å²) in [7, 11) is 0. The van der Waals surface area contributed by atoms with Crippen LogP contribution in [0.2, 0.25) is 0 Å². The number of carbonyl (C=O) groups excluding carboxylic acids is 1. The molecule has 2 aromatic rings. The van der Waals surface area contributed by atoms with Crippen molar-refractivity contribution in [3.63, 3.8) is 0 Å². The van der Waals surface area contributed by atoms with Gasteiger partial charge in [-0.05, 0) is 36.2 Å². The quantitative estimate of drug-likeness (QED) is 0.867. The van der Waals surface area contributed by atoms with Crippen LogP contribution in [0.3, 0.4) is 0 Å². The van der Waals surface area contributed by atoms with Gasteiger partial charge in [-0.25, -0.2) is 0 Å². The van der Waals surface area contributed by atoms with Gasteiger partial charge in [-0.1, -0.05) is 19.1 Å². The number of pyridine rings is 1. The number of rotatable bonds is 3. The van der Waals surface area contributed by atoms with Gasteiger partial charge in [-0.15, -0.1) is 0 Å². The highest BCUT2D eigenvalue weighted by atomic mass is 16.1. The first kappa shape index (κ1) is 12.1. The van der Waals surface area contributed by atoms with Crippen molar-refractivity contribution in [3.8, 4) is 0 Å². The first-order valence-electron chi connectivity index (χ1n) is 5.81. The summed E-state index contributed by atoms with van der Waals surface area (Å²) in [5.41, 5.74) is 8.43. The van der Waals surface area contributed by atoms with Crippen LogP contribution in [0.4, 0.5) is 11.4 Å². The molecule has 0 aliphatic rings. The van der Waals surface area contributed by atoms with Crippen molar-refractivity contribution in [2.24, 2.45) is 0 Å². The van der Waals surface area contributed by atoms with Crippen molar-refractivity contribution in [1.29, 1.82) is 0 Å². The molecule has 18 heavy (non-hydrogen) atoms. The predicted octanol–water partition coefficient (Wildman–Crippen LogP) is 2.48. The summed E-state index contributed by atoms with van der Waals surface area (Å²) < 4.78 is 0. The smallest absolute Gasteiger partial charge is 0.274 e. The number of nitrogens with zero attached hydrogens (tertiary/aromatic N) is 1. The molecule has 0 aliphatic carbocycles. The highest BCUT2D eigenvalue weighted by Gasteiger charge is 2.07.